The lowest BCUT2D eigenvalue weighted by molar-refractivity contribution is 0.100. The summed E-state index contributed by atoms with van der Waals surface area (Å²) in [6, 6.07) is 1.69. The molecule has 0 atom stereocenters. The molecule has 0 saturated carbocycles. The molecule has 0 aliphatic carbocycles. The summed E-state index contributed by atoms with van der Waals surface area (Å²) in [6.45, 7) is 0.624. The minimum atomic E-state index is -0.521. The third kappa shape index (κ3) is 3.41. The number of anilines is 1. The van der Waals surface area contributed by atoms with Crippen LogP contribution in [0.15, 0.2) is 23.3 Å². The quantitative estimate of drug-likeness (QED) is 0.528. The molecule has 0 radical (unpaired) electrons. The Morgan fingerprint density at radius 2 is 2.32 bits per heavy atom. The third-order valence-corrected chi connectivity index (χ3v) is 2.54. The van der Waals surface area contributed by atoms with Gasteiger partial charge < -0.3 is 11.1 Å². The van der Waals surface area contributed by atoms with Crippen LogP contribution in [-0.4, -0.2) is 32.6 Å². The Morgan fingerprint density at radius 3 is 3.00 bits per heavy atom. The van der Waals surface area contributed by atoms with Crippen LogP contribution in [0.5, 0.6) is 0 Å². The van der Waals surface area contributed by atoms with Crippen LogP contribution in [0.1, 0.15) is 22.6 Å². The van der Waals surface area contributed by atoms with E-state index < -0.39 is 5.91 Å². The second-order valence-corrected chi connectivity index (χ2v) is 3.94. The monoisotopic (exact) mass is 262 g/mol. The Kier molecular flexibility index (Phi) is 3.91. The number of pyridine rings is 1. The van der Waals surface area contributed by atoms with Crippen molar-refractivity contribution in [2.45, 2.75) is 12.8 Å². The molecule has 2 aromatic rings. The van der Waals surface area contributed by atoms with E-state index in [9.17, 15) is 9.59 Å². The number of nitrogens with zero attached hydrogens (tertiary/aromatic N) is 2. The van der Waals surface area contributed by atoms with Gasteiger partial charge in [0.1, 0.15) is 5.82 Å². The number of aromatic nitrogens is 4. The average molecular weight is 262 g/mol. The highest BCUT2D eigenvalue weighted by molar-refractivity contribution is 5.98. The Hall–Kier alpha value is -2.64. The number of nitrogens with one attached hydrogen (secondary N) is 3. The fourth-order valence-corrected chi connectivity index (χ4v) is 1.65. The van der Waals surface area contributed by atoms with Crippen molar-refractivity contribution in [1.82, 2.24) is 20.2 Å². The standard InChI is InChI=1S/C11H14N6O2/c12-10(18)7-6-13-5-3-8(7)14-4-1-2-9-15-11(19)17-16-9/h3,5-6H,1-2,4H2,(H2,12,18)(H,13,14)(H2,15,16,17,19). The van der Waals surface area contributed by atoms with Crippen LogP contribution >= 0.6 is 0 Å². The molecule has 0 aliphatic rings. The summed E-state index contributed by atoms with van der Waals surface area (Å²) < 4.78 is 0. The summed E-state index contributed by atoms with van der Waals surface area (Å²) in [5.41, 5.74) is 5.94. The van der Waals surface area contributed by atoms with Crippen LogP contribution in [0, 0.1) is 0 Å². The summed E-state index contributed by atoms with van der Waals surface area (Å²) in [4.78, 5) is 28.4. The first kappa shape index (κ1) is 12.8. The van der Waals surface area contributed by atoms with Crippen LogP contribution in [0.3, 0.4) is 0 Å². The lowest BCUT2D eigenvalue weighted by Crippen LogP contribution is -2.15. The third-order valence-electron chi connectivity index (χ3n) is 2.54. The molecule has 8 heteroatoms. The van der Waals surface area contributed by atoms with Gasteiger partial charge in [-0.1, -0.05) is 0 Å². The van der Waals surface area contributed by atoms with Crippen molar-refractivity contribution < 1.29 is 4.79 Å². The minimum Gasteiger partial charge on any atom is -0.384 e. The van der Waals surface area contributed by atoms with Gasteiger partial charge in [-0.25, -0.2) is 9.89 Å². The maximum Gasteiger partial charge on any atom is 0.340 e. The molecule has 0 unspecified atom stereocenters. The number of nitrogens with two attached hydrogens (primary N) is 1. The maximum absolute atomic E-state index is 11.2. The number of hydrogen-bond donors (Lipinski definition) is 4. The van der Waals surface area contributed by atoms with Crippen LogP contribution in [-0.2, 0) is 6.42 Å². The molecular formula is C11H14N6O2. The van der Waals surface area contributed by atoms with E-state index in [0.29, 0.717) is 30.0 Å². The lowest BCUT2D eigenvalue weighted by Gasteiger charge is -2.08. The van der Waals surface area contributed by atoms with Gasteiger partial charge in [-0.05, 0) is 12.5 Å². The molecule has 0 fully saturated rings. The predicted octanol–water partition coefficient (Wildman–Crippen LogP) is -0.363. The molecule has 19 heavy (non-hydrogen) atoms. The number of hydrogen-bond acceptors (Lipinski definition) is 5. The van der Waals surface area contributed by atoms with Crippen molar-refractivity contribution in [2.75, 3.05) is 11.9 Å². The van der Waals surface area contributed by atoms with Crippen LogP contribution in [0.2, 0.25) is 0 Å². The normalized spacial score (nSPS) is 10.3. The number of carbonyl (C=O) groups excluding carboxylic acids is 1. The van der Waals surface area contributed by atoms with E-state index in [1.807, 2.05) is 0 Å². The van der Waals surface area contributed by atoms with Crippen molar-refractivity contribution in [2.24, 2.45) is 5.73 Å². The molecule has 0 spiro atoms. The molecule has 0 aliphatic heterocycles. The van der Waals surface area contributed by atoms with Crippen molar-refractivity contribution in [3.8, 4) is 0 Å². The Balaban J connectivity index is 1.86. The molecular weight excluding hydrogens is 248 g/mol. The largest absolute Gasteiger partial charge is 0.384 e. The summed E-state index contributed by atoms with van der Waals surface area (Å²) >= 11 is 0. The van der Waals surface area contributed by atoms with Gasteiger partial charge in [0.05, 0.1) is 11.3 Å². The summed E-state index contributed by atoms with van der Waals surface area (Å²) in [5, 5.41) is 9.20. The zero-order chi connectivity index (χ0) is 13.7. The topological polar surface area (TPSA) is 130 Å². The number of amides is 1. The number of primary amides is 1. The molecule has 0 aromatic carbocycles. The molecule has 2 rings (SSSR count). The van der Waals surface area contributed by atoms with E-state index >= 15 is 0 Å². The predicted molar refractivity (Wildman–Crippen MR) is 68.8 cm³/mol. The van der Waals surface area contributed by atoms with Gasteiger partial charge >= 0.3 is 5.69 Å². The summed E-state index contributed by atoms with van der Waals surface area (Å²) in [5.74, 6) is 0.0869. The highest BCUT2D eigenvalue weighted by Gasteiger charge is 2.07. The van der Waals surface area contributed by atoms with Gasteiger partial charge in [0, 0.05) is 25.4 Å². The first-order chi connectivity index (χ1) is 9.16. The zero-order valence-corrected chi connectivity index (χ0v) is 10.1. The molecule has 8 nitrogen and oxygen atoms in total. The maximum atomic E-state index is 11.2. The Bertz CT molecular complexity index is 617. The second-order valence-electron chi connectivity index (χ2n) is 3.94. The molecule has 2 aromatic heterocycles. The molecule has 1 amide bonds. The smallest absolute Gasteiger partial charge is 0.340 e. The number of carbonyl (C=O) groups is 1. The molecule has 100 valence electrons. The van der Waals surface area contributed by atoms with E-state index in [2.05, 4.69) is 25.5 Å². The van der Waals surface area contributed by atoms with Gasteiger partial charge in [0.25, 0.3) is 5.91 Å². The average Bonchev–Trinajstić information content (AvgIpc) is 2.81. The van der Waals surface area contributed by atoms with E-state index in [4.69, 9.17) is 5.73 Å². The highest BCUT2D eigenvalue weighted by atomic mass is 16.1. The fraction of sp³-hybridized carbons (Fsp3) is 0.273. The van der Waals surface area contributed by atoms with Crippen LogP contribution in [0.25, 0.3) is 0 Å². The second kappa shape index (κ2) is 5.80. The summed E-state index contributed by atoms with van der Waals surface area (Å²) in [7, 11) is 0. The van der Waals surface area contributed by atoms with Crippen molar-refractivity contribution in [3.63, 3.8) is 0 Å². The van der Waals surface area contributed by atoms with Crippen LogP contribution < -0.4 is 16.7 Å². The van der Waals surface area contributed by atoms with Crippen molar-refractivity contribution >= 4 is 11.6 Å². The molecule has 5 N–H and O–H groups in total. The fourth-order valence-electron chi connectivity index (χ4n) is 1.65. The number of aromatic amines is 2. The van der Waals surface area contributed by atoms with Gasteiger partial charge in [0.15, 0.2) is 0 Å². The van der Waals surface area contributed by atoms with Crippen molar-refractivity contribution in [3.05, 3.63) is 40.3 Å². The number of H-pyrrole nitrogens is 2. The van der Waals surface area contributed by atoms with E-state index in [1.165, 1.54) is 6.20 Å². The lowest BCUT2D eigenvalue weighted by atomic mass is 10.2. The van der Waals surface area contributed by atoms with Gasteiger partial charge in [0.2, 0.25) is 0 Å². The van der Waals surface area contributed by atoms with Gasteiger partial charge in [-0.3, -0.25) is 14.8 Å². The SMILES string of the molecule is NC(=O)c1cnccc1NCCCc1n[nH]c(=O)[nH]1. The Labute approximate surface area is 108 Å². The van der Waals surface area contributed by atoms with Gasteiger partial charge in [-0.15, -0.1) is 0 Å². The van der Waals surface area contributed by atoms with Gasteiger partial charge in [-0.2, -0.15) is 5.10 Å². The summed E-state index contributed by atoms with van der Waals surface area (Å²) in [6.07, 6.45) is 4.39. The van der Waals surface area contributed by atoms with Crippen LogP contribution in [0.4, 0.5) is 5.69 Å². The van der Waals surface area contributed by atoms with Crippen molar-refractivity contribution in [1.29, 1.82) is 0 Å². The minimum absolute atomic E-state index is 0.312. The molecule has 2 heterocycles. The molecule has 0 saturated heterocycles. The highest BCUT2D eigenvalue weighted by Crippen LogP contribution is 2.12. The zero-order valence-electron chi connectivity index (χ0n) is 10.1. The number of aryl methyl sites for hydroxylation is 1. The van der Waals surface area contributed by atoms with E-state index in [-0.39, 0.29) is 5.69 Å². The van der Waals surface area contributed by atoms with E-state index in [1.54, 1.807) is 12.3 Å². The number of rotatable bonds is 6. The first-order valence-corrected chi connectivity index (χ1v) is 5.78. The molecule has 0 bridgehead atoms. The Morgan fingerprint density at radius 1 is 1.47 bits per heavy atom. The van der Waals surface area contributed by atoms with E-state index in [0.717, 1.165) is 6.42 Å². The first-order valence-electron chi connectivity index (χ1n) is 5.78.